The Bertz CT molecular complexity index is 272. The number of carbonyl (C=O) groups is 1. The molecular weight excluding hydrogens is 249 g/mol. The summed E-state index contributed by atoms with van der Waals surface area (Å²) in [5.41, 5.74) is 4.30. The van der Waals surface area contributed by atoms with Crippen molar-refractivity contribution >= 4 is 5.91 Å². The first-order valence-electron chi connectivity index (χ1n) is 5.84. The Morgan fingerprint density at radius 1 is 1.44 bits per heavy atom. The van der Waals surface area contributed by atoms with Gasteiger partial charge in [0.25, 0.3) is 0 Å². The molecule has 0 aliphatic carbocycles. The lowest BCUT2D eigenvalue weighted by Crippen LogP contribution is -2.54. The van der Waals surface area contributed by atoms with E-state index in [4.69, 9.17) is 10.5 Å². The SMILES string of the molecule is CCNC(C)(CC(C)OCCC(F)(F)F)C(N)=O. The first-order valence-corrected chi connectivity index (χ1v) is 5.84. The van der Waals surface area contributed by atoms with Crippen LogP contribution in [0.4, 0.5) is 13.2 Å². The molecule has 0 saturated carbocycles. The summed E-state index contributed by atoms with van der Waals surface area (Å²) >= 11 is 0. The summed E-state index contributed by atoms with van der Waals surface area (Å²) in [5.74, 6) is -0.546. The lowest BCUT2D eigenvalue weighted by molar-refractivity contribution is -0.150. The molecule has 0 bridgehead atoms. The summed E-state index contributed by atoms with van der Waals surface area (Å²) in [4.78, 5) is 11.3. The number of likely N-dealkylation sites (N-methyl/N-ethyl adjacent to an activating group) is 1. The van der Waals surface area contributed by atoms with Crippen LogP contribution in [0.25, 0.3) is 0 Å². The topological polar surface area (TPSA) is 64.3 Å². The Labute approximate surface area is 105 Å². The van der Waals surface area contributed by atoms with Crippen LogP contribution in [-0.4, -0.2) is 36.9 Å². The fraction of sp³-hybridized carbons (Fsp3) is 0.909. The maximum atomic E-state index is 11.9. The molecule has 0 spiro atoms. The monoisotopic (exact) mass is 270 g/mol. The van der Waals surface area contributed by atoms with Crippen molar-refractivity contribution in [1.82, 2.24) is 5.32 Å². The minimum absolute atomic E-state index is 0.230. The van der Waals surface area contributed by atoms with Gasteiger partial charge in [0.05, 0.1) is 24.7 Å². The highest BCUT2D eigenvalue weighted by atomic mass is 19.4. The van der Waals surface area contributed by atoms with E-state index in [-0.39, 0.29) is 6.42 Å². The van der Waals surface area contributed by atoms with Crippen molar-refractivity contribution in [3.05, 3.63) is 0 Å². The van der Waals surface area contributed by atoms with Crippen LogP contribution in [0, 0.1) is 0 Å². The van der Waals surface area contributed by atoms with Crippen LogP contribution >= 0.6 is 0 Å². The van der Waals surface area contributed by atoms with Crippen molar-refractivity contribution in [2.45, 2.75) is 51.4 Å². The lowest BCUT2D eigenvalue weighted by Gasteiger charge is -2.30. The highest BCUT2D eigenvalue weighted by molar-refractivity contribution is 5.84. The molecule has 18 heavy (non-hydrogen) atoms. The summed E-state index contributed by atoms with van der Waals surface area (Å²) in [7, 11) is 0. The normalized spacial score (nSPS) is 17.2. The standard InChI is InChI=1S/C11H21F3N2O2/c1-4-16-10(3,9(15)17)7-8(2)18-6-5-11(12,13)14/h8,16H,4-7H2,1-3H3,(H2,15,17). The molecule has 0 heterocycles. The lowest BCUT2D eigenvalue weighted by atomic mass is 9.94. The number of rotatable bonds is 8. The minimum Gasteiger partial charge on any atom is -0.378 e. The van der Waals surface area contributed by atoms with Gasteiger partial charge in [0.2, 0.25) is 5.91 Å². The van der Waals surface area contributed by atoms with Gasteiger partial charge in [0.15, 0.2) is 0 Å². The van der Waals surface area contributed by atoms with Crippen LogP contribution in [0.2, 0.25) is 0 Å². The van der Waals surface area contributed by atoms with Crippen LogP contribution in [0.1, 0.15) is 33.6 Å². The Balaban J connectivity index is 4.19. The zero-order valence-electron chi connectivity index (χ0n) is 10.9. The van der Waals surface area contributed by atoms with E-state index in [0.717, 1.165) is 0 Å². The van der Waals surface area contributed by atoms with Gasteiger partial charge in [-0.05, 0) is 20.4 Å². The van der Waals surface area contributed by atoms with Crippen molar-refractivity contribution in [3.8, 4) is 0 Å². The van der Waals surface area contributed by atoms with Gasteiger partial charge in [0.1, 0.15) is 0 Å². The van der Waals surface area contributed by atoms with Gasteiger partial charge in [0, 0.05) is 6.42 Å². The van der Waals surface area contributed by atoms with Crippen molar-refractivity contribution in [2.24, 2.45) is 5.73 Å². The van der Waals surface area contributed by atoms with Gasteiger partial charge in [-0.25, -0.2) is 0 Å². The second-order valence-electron chi connectivity index (χ2n) is 4.48. The largest absolute Gasteiger partial charge is 0.391 e. The number of primary amides is 1. The Morgan fingerprint density at radius 2 is 2.00 bits per heavy atom. The van der Waals surface area contributed by atoms with E-state index >= 15 is 0 Å². The van der Waals surface area contributed by atoms with E-state index in [1.807, 2.05) is 6.92 Å². The Kier molecular flexibility index (Phi) is 6.62. The average molecular weight is 270 g/mol. The predicted molar refractivity (Wildman–Crippen MR) is 62.0 cm³/mol. The number of nitrogens with two attached hydrogens (primary N) is 1. The number of ether oxygens (including phenoxy) is 1. The molecule has 1 amide bonds. The summed E-state index contributed by atoms with van der Waals surface area (Å²) in [6.07, 6.45) is -5.47. The second kappa shape index (κ2) is 6.94. The van der Waals surface area contributed by atoms with Gasteiger partial charge in [-0.1, -0.05) is 6.92 Å². The van der Waals surface area contributed by atoms with Crippen molar-refractivity contribution in [2.75, 3.05) is 13.2 Å². The fourth-order valence-corrected chi connectivity index (χ4v) is 1.66. The molecule has 3 N–H and O–H groups in total. The number of carbonyl (C=O) groups excluding carboxylic acids is 1. The number of nitrogens with one attached hydrogen (secondary N) is 1. The summed E-state index contributed by atoms with van der Waals surface area (Å²) in [6.45, 7) is 5.17. The molecule has 108 valence electrons. The molecule has 2 atom stereocenters. The Morgan fingerprint density at radius 3 is 2.39 bits per heavy atom. The molecule has 0 radical (unpaired) electrons. The highest BCUT2D eigenvalue weighted by Gasteiger charge is 2.33. The molecule has 2 unspecified atom stereocenters. The van der Waals surface area contributed by atoms with E-state index in [1.165, 1.54) is 0 Å². The van der Waals surface area contributed by atoms with Crippen molar-refractivity contribution < 1.29 is 22.7 Å². The number of halogens is 3. The quantitative estimate of drug-likeness (QED) is 0.704. The zero-order chi connectivity index (χ0) is 14.4. The maximum Gasteiger partial charge on any atom is 0.391 e. The fourth-order valence-electron chi connectivity index (χ4n) is 1.66. The third-order valence-electron chi connectivity index (χ3n) is 2.59. The van der Waals surface area contributed by atoms with Crippen LogP contribution in [-0.2, 0) is 9.53 Å². The highest BCUT2D eigenvalue weighted by Crippen LogP contribution is 2.20. The summed E-state index contributed by atoms with van der Waals surface area (Å²) < 4.78 is 40.8. The third kappa shape index (κ3) is 6.80. The third-order valence-corrected chi connectivity index (χ3v) is 2.59. The molecule has 0 aromatic heterocycles. The first kappa shape index (κ1) is 17.2. The summed E-state index contributed by atoms with van der Waals surface area (Å²) in [5, 5.41) is 2.92. The Hall–Kier alpha value is -0.820. The molecule has 0 rings (SSSR count). The smallest absolute Gasteiger partial charge is 0.378 e. The molecule has 0 aliphatic rings. The molecular formula is C11H21F3N2O2. The molecule has 0 aromatic carbocycles. The van der Waals surface area contributed by atoms with E-state index in [0.29, 0.717) is 6.54 Å². The van der Waals surface area contributed by atoms with Gasteiger partial charge in [-0.15, -0.1) is 0 Å². The maximum absolute atomic E-state index is 11.9. The van der Waals surface area contributed by atoms with Gasteiger partial charge >= 0.3 is 6.18 Å². The number of alkyl halides is 3. The van der Waals surface area contributed by atoms with Gasteiger partial charge in [-0.3, -0.25) is 4.79 Å². The van der Waals surface area contributed by atoms with Crippen LogP contribution in [0.5, 0.6) is 0 Å². The number of amides is 1. The van der Waals surface area contributed by atoms with E-state index in [1.54, 1.807) is 13.8 Å². The number of hydrogen-bond acceptors (Lipinski definition) is 3. The second-order valence-corrected chi connectivity index (χ2v) is 4.48. The predicted octanol–water partition coefficient (Wildman–Crippen LogP) is 1.59. The van der Waals surface area contributed by atoms with E-state index < -0.39 is 36.8 Å². The van der Waals surface area contributed by atoms with E-state index in [2.05, 4.69) is 5.32 Å². The zero-order valence-corrected chi connectivity index (χ0v) is 10.9. The molecule has 7 heteroatoms. The van der Waals surface area contributed by atoms with Crippen molar-refractivity contribution in [1.29, 1.82) is 0 Å². The van der Waals surface area contributed by atoms with Crippen LogP contribution in [0.3, 0.4) is 0 Å². The molecule has 0 fully saturated rings. The van der Waals surface area contributed by atoms with Gasteiger partial charge in [-0.2, -0.15) is 13.2 Å². The molecule has 4 nitrogen and oxygen atoms in total. The molecule has 0 aromatic rings. The van der Waals surface area contributed by atoms with E-state index in [9.17, 15) is 18.0 Å². The first-order chi connectivity index (χ1) is 8.10. The minimum atomic E-state index is -4.23. The van der Waals surface area contributed by atoms with Crippen molar-refractivity contribution in [3.63, 3.8) is 0 Å². The van der Waals surface area contributed by atoms with Crippen LogP contribution < -0.4 is 11.1 Å². The van der Waals surface area contributed by atoms with Gasteiger partial charge < -0.3 is 15.8 Å². The molecule has 0 aliphatic heterocycles. The number of hydrogen-bond donors (Lipinski definition) is 2. The summed E-state index contributed by atoms with van der Waals surface area (Å²) in [6, 6.07) is 0. The average Bonchev–Trinajstić information content (AvgIpc) is 2.15. The molecule has 0 saturated heterocycles. The van der Waals surface area contributed by atoms with Crippen LogP contribution in [0.15, 0.2) is 0 Å².